The predicted octanol–water partition coefficient (Wildman–Crippen LogP) is 1.20. The largest absolute Gasteiger partial charge is 0.478 e. The van der Waals surface area contributed by atoms with Crippen molar-refractivity contribution < 1.29 is 14.6 Å². The smallest absolute Gasteiger partial charge is 0.331 e. The second-order valence-corrected chi connectivity index (χ2v) is 3.73. The first-order valence-electron chi connectivity index (χ1n) is 4.22. The lowest BCUT2D eigenvalue weighted by Gasteiger charge is -2.43. The summed E-state index contributed by atoms with van der Waals surface area (Å²) >= 11 is 0. The van der Waals surface area contributed by atoms with Crippen LogP contribution in [0.3, 0.4) is 0 Å². The lowest BCUT2D eigenvalue weighted by molar-refractivity contribution is -0.135. The van der Waals surface area contributed by atoms with Crippen LogP contribution in [0.2, 0.25) is 0 Å². The van der Waals surface area contributed by atoms with E-state index in [0.29, 0.717) is 17.4 Å². The molecule has 0 aromatic carbocycles. The summed E-state index contributed by atoms with van der Waals surface area (Å²) in [4.78, 5) is 10.6. The highest BCUT2D eigenvalue weighted by Crippen LogP contribution is 2.41. The summed E-state index contributed by atoms with van der Waals surface area (Å²) in [6.07, 6.45) is 4.42. The van der Waals surface area contributed by atoms with E-state index in [4.69, 9.17) is 9.84 Å². The molecule has 1 heterocycles. The Balaban J connectivity index is 2.04. The Kier molecular flexibility index (Phi) is 1.68. The van der Waals surface area contributed by atoms with Crippen LogP contribution in [0, 0.1) is 5.41 Å². The van der Waals surface area contributed by atoms with Crippen LogP contribution in [0.4, 0.5) is 0 Å². The van der Waals surface area contributed by atoms with Crippen molar-refractivity contribution in [1.82, 2.24) is 0 Å². The molecule has 0 aromatic rings. The van der Waals surface area contributed by atoms with Gasteiger partial charge in [0.25, 0.3) is 0 Å². The molecule has 1 aliphatic heterocycles. The molecule has 1 aliphatic carbocycles. The van der Waals surface area contributed by atoms with E-state index < -0.39 is 5.97 Å². The van der Waals surface area contributed by atoms with Gasteiger partial charge in [0.05, 0.1) is 13.2 Å². The van der Waals surface area contributed by atoms with E-state index >= 15 is 0 Å². The third-order valence-corrected chi connectivity index (χ3v) is 2.80. The monoisotopic (exact) mass is 168 g/mol. The van der Waals surface area contributed by atoms with Crippen LogP contribution >= 0.6 is 0 Å². The van der Waals surface area contributed by atoms with Gasteiger partial charge in [-0.15, -0.1) is 0 Å². The Morgan fingerprint density at radius 1 is 1.58 bits per heavy atom. The summed E-state index contributed by atoms with van der Waals surface area (Å²) in [6.45, 7) is 1.63. The molecule has 1 spiro atoms. The quantitative estimate of drug-likeness (QED) is 0.639. The molecule has 0 atom stereocenters. The lowest BCUT2D eigenvalue weighted by Crippen LogP contribution is -2.43. The zero-order chi connectivity index (χ0) is 8.60. The van der Waals surface area contributed by atoms with Crippen molar-refractivity contribution in [1.29, 1.82) is 0 Å². The number of rotatable bonds is 1. The first kappa shape index (κ1) is 7.80. The SMILES string of the molecule is O=C(O)C1=CCC2(CC1)COC2. The highest BCUT2D eigenvalue weighted by atomic mass is 16.5. The zero-order valence-electron chi connectivity index (χ0n) is 6.88. The summed E-state index contributed by atoms with van der Waals surface area (Å²) < 4.78 is 5.13. The summed E-state index contributed by atoms with van der Waals surface area (Å²) in [5, 5.41) is 8.70. The minimum Gasteiger partial charge on any atom is -0.478 e. The molecule has 1 fully saturated rings. The average Bonchev–Trinajstić information content (AvgIpc) is 2.02. The molecule has 12 heavy (non-hydrogen) atoms. The number of ether oxygens (including phenoxy) is 1. The molecule has 0 bridgehead atoms. The number of carbonyl (C=O) groups is 1. The van der Waals surface area contributed by atoms with E-state index in [1.807, 2.05) is 6.08 Å². The lowest BCUT2D eigenvalue weighted by atomic mass is 9.73. The zero-order valence-corrected chi connectivity index (χ0v) is 6.88. The summed E-state index contributed by atoms with van der Waals surface area (Å²) in [6, 6.07) is 0. The third-order valence-electron chi connectivity index (χ3n) is 2.80. The van der Waals surface area contributed by atoms with Crippen LogP contribution < -0.4 is 0 Å². The van der Waals surface area contributed by atoms with Gasteiger partial charge in [0.15, 0.2) is 0 Å². The maximum Gasteiger partial charge on any atom is 0.331 e. The van der Waals surface area contributed by atoms with Crippen LogP contribution in [-0.2, 0) is 9.53 Å². The van der Waals surface area contributed by atoms with E-state index in [1.54, 1.807) is 0 Å². The summed E-state index contributed by atoms with van der Waals surface area (Å²) in [5.74, 6) is -0.759. The van der Waals surface area contributed by atoms with Gasteiger partial charge in [0, 0.05) is 11.0 Å². The predicted molar refractivity (Wildman–Crippen MR) is 42.8 cm³/mol. The van der Waals surface area contributed by atoms with Crippen molar-refractivity contribution in [2.45, 2.75) is 19.3 Å². The van der Waals surface area contributed by atoms with Crippen LogP contribution in [0.15, 0.2) is 11.6 Å². The number of hydrogen-bond donors (Lipinski definition) is 1. The summed E-state index contributed by atoms with van der Waals surface area (Å²) in [5.41, 5.74) is 0.881. The Morgan fingerprint density at radius 2 is 2.33 bits per heavy atom. The second-order valence-electron chi connectivity index (χ2n) is 3.73. The molecule has 3 nitrogen and oxygen atoms in total. The molecule has 66 valence electrons. The minimum absolute atomic E-state index is 0.305. The fourth-order valence-corrected chi connectivity index (χ4v) is 1.79. The van der Waals surface area contributed by atoms with Gasteiger partial charge in [-0.1, -0.05) is 6.08 Å². The number of aliphatic carboxylic acids is 1. The molecule has 2 rings (SSSR count). The summed E-state index contributed by atoms with van der Waals surface area (Å²) in [7, 11) is 0. The topological polar surface area (TPSA) is 46.5 Å². The number of hydrogen-bond acceptors (Lipinski definition) is 2. The molecule has 1 N–H and O–H groups in total. The fraction of sp³-hybridized carbons (Fsp3) is 0.667. The normalized spacial score (nSPS) is 26.2. The van der Waals surface area contributed by atoms with Gasteiger partial charge in [-0.2, -0.15) is 0 Å². The minimum atomic E-state index is -0.759. The van der Waals surface area contributed by atoms with E-state index in [-0.39, 0.29) is 0 Å². The van der Waals surface area contributed by atoms with Crippen molar-refractivity contribution in [3.8, 4) is 0 Å². The van der Waals surface area contributed by atoms with Crippen molar-refractivity contribution in [2.75, 3.05) is 13.2 Å². The molecule has 2 aliphatic rings. The Hall–Kier alpha value is -0.830. The van der Waals surface area contributed by atoms with E-state index in [9.17, 15) is 4.79 Å². The van der Waals surface area contributed by atoms with Gasteiger partial charge in [0.2, 0.25) is 0 Å². The highest BCUT2D eigenvalue weighted by molar-refractivity contribution is 5.86. The number of carboxylic acid groups (broad SMARTS) is 1. The van der Waals surface area contributed by atoms with E-state index in [2.05, 4.69) is 0 Å². The van der Waals surface area contributed by atoms with Crippen LogP contribution in [0.1, 0.15) is 19.3 Å². The number of allylic oxidation sites excluding steroid dienone is 1. The van der Waals surface area contributed by atoms with Gasteiger partial charge in [0.1, 0.15) is 0 Å². The fourth-order valence-electron chi connectivity index (χ4n) is 1.79. The molecule has 0 unspecified atom stereocenters. The molecule has 3 heteroatoms. The highest BCUT2D eigenvalue weighted by Gasteiger charge is 2.39. The maximum atomic E-state index is 10.6. The third kappa shape index (κ3) is 1.14. The molecule has 0 amide bonds. The van der Waals surface area contributed by atoms with Crippen molar-refractivity contribution in [3.05, 3.63) is 11.6 Å². The molecular weight excluding hydrogens is 156 g/mol. The van der Waals surface area contributed by atoms with Crippen molar-refractivity contribution >= 4 is 5.97 Å². The van der Waals surface area contributed by atoms with Crippen LogP contribution in [0.25, 0.3) is 0 Å². The Morgan fingerprint density at radius 3 is 2.67 bits per heavy atom. The van der Waals surface area contributed by atoms with Crippen molar-refractivity contribution in [3.63, 3.8) is 0 Å². The first-order valence-corrected chi connectivity index (χ1v) is 4.22. The molecule has 1 saturated heterocycles. The average molecular weight is 168 g/mol. The van der Waals surface area contributed by atoms with Gasteiger partial charge in [-0.05, 0) is 19.3 Å². The molecule has 0 aromatic heterocycles. The van der Waals surface area contributed by atoms with Gasteiger partial charge in [-0.3, -0.25) is 0 Å². The number of carboxylic acids is 1. The van der Waals surface area contributed by atoms with Gasteiger partial charge in [-0.25, -0.2) is 4.79 Å². The van der Waals surface area contributed by atoms with E-state index in [1.165, 1.54) is 0 Å². The standard InChI is InChI=1S/C9H12O3/c10-8(11)7-1-3-9(4-2-7)5-12-6-9/h1H,2-6H2,(H,10,11). The molecule has 0 radical (unpaired) electrons. The Labute approximate surface area is 71.0 Å². The van der Waals surface area contributed by atoms with Crippen molar-refractivity contribution in [2.24, 2.45) is 5.41 Å². The maximum absolute atomic E-state index is 10.6. The first-order chi connectivity index (χ1) is 5.72. The van der Waals surface area contributed by atoms with Gasteiger partial charge < -0.3 is 9.84 Å². The van der Waals surface area contributed by atoms with Crippen LogP contribution in [-0.4, -0.2) is 24.3 Å². The molecular formula is C9H12O3. The van der Waals surface area contributed by atoms with Crippen LogP contribution in [0.5, 0.6) is 0 Å². The van der Waals surface area contributed by atoms with E-state index in [0.717, 1.165) is 26.1 Å². The second kappa shape index (κ2) is 2.59. The van der Waals surface area contributed by atoms with Gasteiger partial charge >= 0.3 is 5.97 Å². The Bertz CT molecular complexity index is 238. The molecule has 0 saturated carbocycles.